The molecular formula is C30H39N5O5S. The first-order valence-corrected chi connectivity index (χ1v) is 15.0. The molecule has 3 aliphatic rings. The van der Waals surface area contributed by atoms with E-state index in [4.69, 9.17) is 13.9 Å². The third-order valence-electron chi connectivity index (χ3n) is 8.78. The first-order valence-electron chi connectivity index (χ1n) is 14.2. The molecule has 0 bridgehead atoms. The summed E-state index contributed by atoms with van der Waals surface area (Å²) >= 11 is 1.36. The van der Waals surface area contributed by atoms with Crippen LogP contribution in [0.4, 0.5) is 5.69 Å². The summed E-state index contributed by atoms with van der Waals surface area (Å²) in [5.41, 5.74) is 1.17. The smallest absolute Gasteiger partial charge is 0.269 e. The van der Waals surface area contributed by atoms with Crippen molar-refractivity contribution in [3.8, 4) is 11.5 Å². The Labute approximate surface area is 246 Å². The van der Waals surface area contributed by atoms with E-state index in [0.29, 0.717) is 12.0 Å². The van der Waals surface area contributed by atoms with Crippen LogP contribution in [0.15, 0.2) is 51.8 Å². The fourth-order valence-corrected chi connectivity index (χ4v) is 7.16. The average molecular weight is 582 g/mol. The molecule has 3 aliphatic heterocycles. The van der Waals surface area contributed by atoms with E-state index >= 15 is 0 Å². The number of nitro benzene ring substituents is 1. The minimum atomic E-state index is -0.387. The molecule has 1 amide bonds. The van der Waals surface area contributed by atoms with E-state index in [1.807, 2.05) is 11.0 Å². The van der Waals surface area contributed by atoms with E-state index < -0.39 is 0 Å². The molecule has 3 saturated heterocycles. The highest BCUT2D eigenvalue weighted by molar-refractivity contribution is 7.98. The van der Waals surface area contributed by atoms with Crippen LogP contribution in [0.25, 0.3) is 0 Å². The molecule has 2 aromatic carbocycles. The summed E-state index contributed by atoms with van der Waals surface area (Å²) in [5, 5.41) is 11.1. The van der Waals surface area contributed by atoms with Crippen molar-refractivity contribution in [2.75, 3.05) is 47.4 Å². The van der Waals surface area contributed by atoms with Gasteiger partial charge in [0.2, 0.25) is 5.91 Å². The molecule has 220 valence electrons. The van der Waals surface area contributed by atoms with Crippen LogP contribution in [-0.4, -0.2) is 90.9 Å². The number of hydrogen-bond donors (Lipinski definition) is 0. The number of carbonyl (C=O) groups excluding carboxylic acids is 1. The molecule has 10 nitrogen and oxygen atoms in total. The number of ether oxygens (including phenoxy) is 2. The van der Waals surface area contributed by atoms with Crippen LogP contribution in [0.3, 0.4) is 0 Å². The molecule has 3 fully saturated rings. The van der Waals surface area contributed by atoms with Crippen LogP contribution < -0.4 is 9.47 Å². The van der Waals surface area contributed by atoms with Crippen molar-refractivity contribution >= 4 is 29.4 Å². The van der Waals surface area contributed by atoms with E-state index in [2.05, 4.69) is 29.0 Å². The van der Waals surface area contributed by atoms with E-state index in [1.54, 1.807) is 33.3 Å². The minimum Gasteiger partial charge on any atom is -0.497 e. The molecular weight excluding hydrogens is 542 g/mol. The average Bonchev–Trinajstić information content (AvgIpc) is 2.97. The van der Waals surface area contributed by atoms with Gasteiger partial charge in [-0.1, -0.05) is 0 Å². The lowest BCUT2D eigenvalue weighted by molar-refractivity contribution is -0.384. The van der Waals surface area contributed by atoms with Crippen LogP contribution in [-0.2, 0) is 4.79 Å². The van der Waals surface area contributed by atoms with E-state index in [-0.39, 0.29) is 28.5 Å². The summed E-state index contributed by atoms with van der Waals surface area (Å²) in [6.45, 7) is 5.28. The number of nitro groups is 1. The molecule has 11 heteroatoms. The van der Waals surface area contributed by atoms with Gasteiger partial charge in [-0.15, -0.1) is 0 Å². The highest BCUT2D eigenvalue weighted by Crippen LogP contribution is 2.48. The predicted octanol–water partition coefficient (Wildman–Crippen LogP) is 4.84. The molecule has 0 N–H and O–H groups in total. The zero-order chi connectivity index (χ0) is 29.1. The van der Waals surface area contributed by atoms with Crippen molar-refractivity contribution < 1.29 is 19.2 Å². The van der Waals surface area contributed by atoms with Crippen molar-refractivity contribution in [2.45, 2.75) is 55.5 Å². The van der Waals surface area contributed by atoms with E-state index in [9.17, 15) is 14.9 Å². The maximum absolute atomic E-state index is 12.1. The molecule has 0 aliphatic carbocycles. The maximum atomic E-state index is 12.1. The van der Waals surface area contributed by atoms with E-state index in [1.165, 1.54) is 24.1 Å². The van der Waals surface area contributed by atoms with Gasteiger partial charge in [0.15, 0.2) is 0 Å². The Bertz CT molecular complexity index is 1250. The number of rotatable bonds is 8. The molecule has 2 unspecified atom stereocenters. The van der Waals surface area contributed by atoms with Gasteiger partial charge in [0.05, 0.1) is 25.1 Å². The number of carbonyl (C=O) groups is 1. The number of piperidine rings is 2. The maximum Gasteiger partial charge on any atom is 0.269 e. The molecule has 0 aromatic heterocycles. The fourth-order valence-electron chi connectivity index (χ4n) is 6.49. The summed E-state index contributed by atoms with van der Waals surface area (Å²) < 4.78 is 16.4. The van der Waals surface area contributed by atoms with Gasteiger partial charge in [-0.2, -0.15) is 4.40 Å². The summed E-state index contributed by atoms with van der Waals surface area (Å²) in [6, 6.07) is 13.2. The van der Waals surface area contributed by atoms with Crippen LogP contribution in [0.1, 0.15) is 44.1 Å². The molecule has 41 heavy (non-hydrogen) atoms. The van der Waals surface area contributed by atoms with Crippen molar-refractivity contribution in [3.63, 3.8) is 0 Å². The zero-order valence-corrected chi connectivity index (χ0v) is 25.0. The second-order valence-electron chi connectivity index (χ2n) is 11.2. The third kappa shape index (κ3) is 6.30. The molecule has 0 saturated carbocycles. The van der Waals surface area contributed by atoms with Crippen LogP contribution in [0, 0.1) is 16.0 Å². The molecule has 0 radical (unpaired) electrons. The summed E-state index contributed by atoms with van der Waals surface area (Å²) in [7, 11) is 5.50. The Morgan fingerprint density at radius 2 is 1.59 bits per heavy atom. The van der Waals surface area contributed by atoms with Gasteiger partial charge in [0, 0.05) is 67.1 Å². The molecule has 2 aromatic rings. The second kappa shape index (κ2) is 12.7. The SMILES string of the molecule is COc1cc(OC)cc(C2C(=NSc3ccc([N+](=O)[O-])cc3)N(C3CCN(C)CC3)C2C2CCN(C(C)=O)CC2)c1. The minimum absolute atomic E-state index is 0.0399. The van der Waals surface area contributed by atoms with Crippen LogP contribution >= 0.6 is 11.9 Å². The van der Waals surface area contributed by atoms with Crippen molar-refractivity contribution in [3.05, 3.63) is 58.1 Å². The van der Waals surface area contributed by atoms with Gasteiger partial charge in [0.25, 0.3) is 5.69 Å². The van der Waals surface area contributed by atoms with Crippen LogP contribution in [0.5, 0.6) is 11.5 Å². The standard InChI is InChI=1S/C30H39N5O5S/c1-20(36)33-15-9-21(10-16-33)29-28(22-17-25(39-3)19-26(18-22)40-4)30(34(29)23-11-13-32(2)14-12-23)31-41-27-7-5-24(6-8-27)35(37)38/h5-8,17-19,21,23,28-29H,9-16H2,1-4H3. The van der Waals surface area contributed by atoms with Gasteiger partial charge < -0.3 is 24.2 Å². The number of likely N-dealkylation sites (tertiary alicyclic amines) is 3. The Morgan fingerprint density at radius 1 is 0.976 bits per heavy atom. The monoisotopic (exact) mass is 581 g/mol. The lowest BCUT2D eigenvalue weighted by Crippen LogP contribution is -2.67. The topological polar surface area (TPSA) is 101 Å². The Kier molecular flexibility index (Phi) is 9.03. The van der Waals surface area contributed by atoms with Crippen LogP contribution in [0.2, 0.25) is 0 Å². The lowest BCUT2D eigenvalue weighted by Gasteiger charge is -2.59. The zero-order valence-electron chi connectivity index (χ0n) is 24.2. The molecule has 0 spiro atoms. The second-order valence-corrected chi connectivity index (χ2v) is 12.0. The number of methoxy groups -OCH3 is 2. The van der Waals surface area contributed by atoms with Gasteiger partial charge in [-0.3, -0.25) is 14.9 Å². The van der Waals surface area contributed by atoms with Gasteiger partial charge in [-0.05, 0) is 81.6 Å². The molecule has 5 rings (SSSR count). The van der Waals surface area contributed by atoms with Crippen molar-refractivity contribution in [1.82, 2.24) is 14.7 Å². The number of amides is 1. The number of nitrogens with zero attached hydrogens (tertiary/aromatic N) is 5. The summed E-state index contributed by atoms with van der Waals surface area (Å²) in [6.07, 6.45) is 4.03. The van der Waals surface area contributed by atoms with Crippen molar-refractivity contribution in [2.24, 2.45) is 10.3 Å². The normalized spacial score (nSPS) is 23.4. The lowest BCUT2D eigenvalue weighted by atomic mass is 9.70. The number of hydrogen-bond acceptors (Lipinski definition) is 8. The highest BCUT2D eigenvalue weighted by atomic mass is 32.2. The summed E-state index contributed by atoms with van der Waals surface area (Å²) in [4.78, 5) is 30.6. The number of non-ortho nitro benzene ring substituents is 1. The Hall–Kier alpha value is -3.31. The summed E-state index contributed by atoms with van der Waals surface area (Å²) in [5.74, 6) is 3.10. The molecule has 2 atom stereocenters. The first kappa shape index (κ1) is 29.2. The predicted molar refractivity (Wildman–Crippen MR) is 160 cm³/mol. The first-order chi connectivity index (χ1) is 19.8. The third-order valence-corrected chi connectivity index (χ3v) is 9.54. The fraction of sp³-hybridized carbons (Fsp3) is 0.533. The van der Waals surface area contributed by atoms with Gasteiger partial charge in [0.1, 0.15) is 17.3 Å². The van der Waals surface area contributed by atoms with Crippen molar-refractivity contribution in [1.29, 1.82) is 0 Å². The highest BCUT2D eigenvalue weighted by Gasteiger charge is 2.53. The quantitative estimate of drug-likeness (QED) is 0.248. The van der Waals surface area contributed by atoms with E-state index in [0.717, 1.165) is 79.7 Å². The molecule has 3 heterocycles. The largest absolute Gasteiger partial charge is 0.497 e. The Balaban J connectivity index is 1.52. The van der Waals surface area contributed by atoms with Gasteiger partial charge in [-0.25, -0.2) is 0 Å². The number of amidine groups is 1. The van der Waals surface area contributed by atoms with Gasteiger partial charge >= 0.3 is 0 Å². The number of benzene rings is 2. The Morgan fingerprint density at radius 3 is 2.12 bits per heavy atom.